The molecular weight excluding hydrogens is 468 g/mol. The third-order valence-corrected chi connectivity index (χ3v) is 6.09. The third-order valence-electron chi connectivity index (χ3n) is 3.65. The van der Waals surface area contributed by atoms with E-state index in [-0.39, 0.29) is 0 Å². The van der Waals surface area contributed by atoms with E-state index in [1.54, 1.807) is 38.1 Å². The fourth-order valence-electron chi connectivity index (χ4n) is 2.22. The highest BCUT2D eigenvalue weighted by Gasteiger charge is 2.55. The molecule has 3 unspecified atom stereocenters. The molecule has 0 aliphatic heterocycles. The van der Waals surface area contributed by atoms with Crippen molar-refractivity contribution in [1.82, 2.24) is 14.8 Å². The predicted octanol–water partition coefficient (Wildman–Crippen LogP) is 4.78. The number of alkyl halides is 3. The number of hydrogen-bond donors (Lipinski definition) is 0. The summed E-state index contributed by atoms with van der Waals surface area (Å²) in [6.45, 7) is 4.85. The lowest BCUT2D eigenvalue weighted by Crippen LogP contribution is -2.56. The van der Waals surface area contributed by atoms with E-state index in [9.17, 15) is 4.79 Å². The van der Waals surface area contributed by atoms with Crippen LogP contribution in [0.2, 0.25) is 5.02 Å². The molecule has 1 heterocycles. The molecule has 0 saturated carbocycles. The van der Waals surface area contributed by atoms with Crippen molar-refractivity contribution in [2.45, 2.75) is 36.3 Å². The zero-order valence-corrected chi connectivity index (χ0v) is 18.1. The minimum absolute atomic E-state index is 0.397. The lowest BCUT2D eigenvalue weighted by Gasteiger charge is -2.43. The number of benzene rings is 1. The Bertz CT molecular complexity index is 741. The molecule has 3 atom stereocenters. The van der Waals surface area contributed by atoms with Gasteiger partial charge in [-0.1, -0.05) is 41.4 Å². The molecule has 1 aromatic heterocycles. The number of aromatic nitrogens is 3. The van der Waals surface area contributed by atoms with Crippen LogP contribution in [0.5, 0.6) is 5.75 Å². The Morgan fingerprint density at radius 3 is 2.38 bits per heavy atom. The summed E-state index contributed by atoms with van der Waals surface area (Å²) in [7, 11) is 0. The Balaban J connectivity index is 2.56. The number of esters is 1. The fraction of sp³-hybridized carbons (Fsp3) is 0.438. The minimum atomic E-state index is -1.75. The average molecular weight is 486 g/mol. The van der Waals surface area contributed by atoms with E-state index in [0.717, 1.165) is 0 Å². The fourth-order valence-corrected chi connectivity index (χ4v) is 3.20. The quantitative estimate of drug-likeness (QED) is 0.417. The summed E-state index contributed by atoms with van der Waals surface area (Å²) in [5, 5.41) is 2.86. The number of hydrogen-bond acceptors (Lipinski definition) is 5. The van der Waals surface area contributed by atoms with Gasteiger partial charge in [0.05, 0.1) is 4.29 Å². The zero-order chi connectivity index (χ0) is 19.5. The number of ether oxygens (including phenoxy) is 2. The van der Waals surface area contributed by atoms with Crippen molar-refractivity contribution in [3.8, 4) is 5.75 Å². The van der Waals surface area contributed by atoms with Crippen LogP contribution in [0.1, 0.15) is 20.8 Å². The molecule has 1 aromatic carbocycles. The summed E-state index contributed by atoms with van der Waals surface area (Å²) in [6, 6.07) is 6.58. The number of nitrogens with zero attached hydrogens (tertiary/aromatic N) is 3. The SMILES string of the molecule is CC(=O)OC(C(C)(C)C(Cl)Br)C(Cl)(Oc1ccc(Cl)cc1)n1cncn1. The van der Waals surface area contributed by atoms with Crippen LogP contribution in [0.25, 0.3) is 0 Å². The first-order valence-corrected chi connectivity index (χ1v) is 9.62. The van der Waals surface area contributed by atoms with E-state index in [0.29, 0.717) is 10.8 Å². The van der Waals surface area contributed by atoms with Crippen molar-refractivity contribution in [1.29, 1.82) is 0 Å². The van der Waals surface area contributed by atoms with Crippen molar-refractivity contribution in [3.63, 3.8) is 0 Å². The van der Waals surface area contributed by atoms with Gasteiger partial charge in [-0.3, -0.25) is 4.79 Å². The molecule has 10 heteroatoms. The summed E-state index contributed by atoms with van der Waals surface area (Å²) >= 11 is 22.4. The van der Waals surface area contributed by atoms with E-state index < -0.39 is 27.0 Å². The van der Waals surface area contributed by atoms with Gasteiger partial charge in [0, 0.05) is 17.4 Å². The van der Waals surface area contributed by atoms with Gasteiger partial charge in [-0.2, -0.15) is 9.78 Å². The molecule has 0 spiro atoms. The largest absolute Gasteiger partial charge is 0.454 e. The summed E-state index contributed by atoms with van der Waals surface area (Å²) in [5.74, 6) is -0.147. The van der Waals surface area contributed by atoms with Gasteiger partial charge < -0.3 is 9.47 Å². The maximum absolute atomic E-state index is 11.8. The van der Waals surface area contributed by atoms with Gasteiger partial charge in [0.2, 0.25) is 0 Å². The monoisotopic (exact) mass is 483 g/mol. The molecule has 142 valence electrons. The molecule has 0 N–H and O–H groups in total. The maximum atomic E-state index is 11.8. The first-order valence-electron chi connectivity index (χ1n) is 7.51. The zero-order valence-electron chi connectivity index (χ0n) is 14.2. The highest BCUT2D eigenvalue weighted by molar-refractivity contribution is 9.10. The molecule has 26 heavy (non-hydrogen) atoms. The van der Waals surface area contributed by atoms with Crippen LogP contribution in [0.3, 0.4) is 0 Å². The molecule has 0 bridgehead atoms. The van der Waals surface area contributed by atoms with Gasteiger partial charge in [0.1, 0.15) is 18.4 Å². The first-order chi connectivity index (χ1) is 12.1. The second-order valence-electron chi connectivity index (χ2n) is 6.12. The van der Waals surface area contributed by atoms with E-state index in [1.165, 1.54) is 24.3 Å². The van der Waals surface area contributed by atoms with Gasteiger partial charge in [0.25, 0.3) is 0 Å². The molecule has 6 nitrogen and oxygen atoms in total. The van der Waals surface area contributed by atoms with Crippen molar-refractivity contribution in [2.24, 2.45) is 5.41 Å². The van der Waals surface area contributed by atoms with Crippen LogP contribution < -0.4 is 4.74 Å². The molecule has 0 aliphatic carbocycles. The highest BCUT2D eigenvalue weighted by atomic mass is 79.9. The Morgan fingerprint density at radius 2 is 1.92 bits per heavy atom. The van der Waals surface area contributed by atoms with E-state index >= 15 is 0 Å². The van der Waals surface area contributed by atoms with Crippen molar-refractivity contribution < 1.29 is 14.3 Å². The summed E-state index contributed by atoms with van der Waals surface area (Å²) in [6.07, 6.45) is 1.63. The predicted molar refractivity (Wildman–Crippen MR) is 104 cm³/mol. The van der Waals surface area contributed by atoms with Gasteiger partial charge in [-0.15, -0.1) is 11.6 Å². The lowest BCUT2D eigenvalue weighted by molar-refractivity contribution is -0.174. The third kappa shape index (κ3) is 4.63. The molecule has 0 amide bonds. The summed E-state index contributed by atoms with van der Waals surface area (Å²) in [4.78, 5) is 15.7. The Labute approximate surface area is 174 Å². The first kappa shape index (κ1) is 21.3. The van der Waals surface area contributed by atoms with Gasteiger partial charge in [-0.05, 0) is 35.9 Å². The van der Waals surface area contributed by atoms with Gasteiger partial charge in [-0.25, -0.2) is 4.98 Å². The van der Waals surface area contributed by atoms with Crippen molar-refractivity contribution in [2.75, 3.05) is 0 Å². The summed E-state index contributed by atoms with van der Waals surface area (Å²) in [5.41, 5.74) is -0.854. The maximum Gasteiger partial charge on any atom is 0.319 e. The van der Waals surface area contributed by atoms with Crippen molar-refractivity contribution >= 4 is 56.7 Å². The summed E-state index contributed by atoms with van der Waals surface area (Å²) < 4.78 is 12.2. The molecule has 0 fully saturated rings. The number of carbonyl (C=O) groups excluding carboxylic acids is 1. The molecule has 0 radical (unpaired) electrons. The number of rotatable bonds is 7. The number of carbonyl (C=O) groups is 1. The van der Waals surface area contributed by atoms with Crippen LogP contribution in [-0.4, -0.2) is 31.1 Å². The topological polar surface area (TPSA) is 66.2 Å². The molecule has 0 aliphatic rings. The number of halogens is 4. The normalized spacial score (nSPS) is 16.4. The Morgan fingerprint density at radius 1 is 1.31 bits per heavy atom. The van der Waals surface area contributed by atoms with Crippen LogP contribution >= 0.6 is 50.7 Å². The Hall–Kier alpha value is -1.02. The van der Waals surface area contributed by atoms with Gasteiger partial charge in [0.15, 0.2) is 6.10 Å². The van der Waals surface area contributed by atoms with Gasteiger partial charge >= 0.3 is 11.2 Å². The highest BCUT2D eigenvalue weighted by Crippen LogP contribution is 2.45. The standard InChI is InChI=1S/C16H17BrCl3N3O3/c1-10(24)25-13(15(2,3)14(17)19)16(20,23-9-21-8-22-23)26-12-6-4-11(18)5-7-12/h4-9,13-14H,1-3H3. The van der Waals surface area contributed by atoms with Crippen LogP contribution in [0.15, 0.2) is 36.9 Å². The van der Waals surface area contributed by atoms with Crippen molar-refractivity contribution in [3.05, 3.63) is 41.9 Å². The smallest absolute Gasteiger partial charge is 0.319 e. The van der Waals surface area contributed by atoms with E-state index in [1.807, 2.05) is 0 Å². The molecule has 2 rings (SSSR count). The molecular formula is C16H17BrCl3N3O3. The Kier molecular flexibility index (Phi) is 6.82. The lowest BCUT2D eigenvalue weighted by atomic mass is 9.87. The van der Waals surface area contributed by atoms with Crippen LogP contribution in [0, 0.1) is 5.41 Å². The second-order valence-corrected chi connectivity index (χ2v) is 8.97. The van der Waals surface area contributed by atoms with E-state index in [2.05, 4.69) is 26.0 Å². The van der Waals surface area contributed by atoms with Crippen LogP contribution in [-0.2, 0) is 14.7 Å². The second kappa shape index (κ2) is 8.33. The molecule has 2 aromatic rings. The van der Waals surface area contributed by atoms with Crippen LogP contribution in [0.4, 0.5) is 0 Å². The van der Waals surface area contributed by atoms with E-state index in [4.69, 9.17) is 44.3 Å². The molecule has 0 saturated heterocycles. The average Bonchev–Trinajstić information content (AvgIpc) is 3.09. The minimum Gasteiger partial charge on any atom is -0.454 e.